The zero-order valence-electron chi connectivity index (χ0n) is 10.4. The quantitative estimate of drug-likeness (QED) is 0.755. The standard InChI is InChI=1S/C14H16BrNO2/c1-4-8-16(9-5-2)14(17)12-10-11(18-3)6-7-13(12)15/h4-7,10H,1-2,8-9H2,3H3. The van der Waals surface area contributed by atoms with E-state index >= 15 is 0 Å². The van der Waals surface area contributed by atoms with Crippen LogP contribution in [0.2, 0.25) is 0 Å². The van der Waals surface area contributed by atoms with Crippen molar-refractivity contribution in [2.75, 3.05) is 20.2 Å². The molecule has 0 heterocycles. The van der Waals surface area contributed by atoms with Crippen LogP contribution in [-0.4, -0.2) is 31.0 Å². The second kappa shape index (κ2) is 7.01. The molecular formula is C14H16BrNO2. The summed E-state index contributed by atoms with van der Waals surface area (Å²) in [6.07, 6.45) is 3.38. The zero-order valence-corrected chi connectivity index (χ0v) is 11.9. The highest BCUT2D eigenvalue weighted by molar-refractivity contribution is 9.10. The van der Waals surface area contributed by atoms with Crippen molar-refractivity contribution in [3.05, 3.63) is 53.5 Å². The summed E-state index contributed by atoms with van der Waals surface area (Å²) in [4.78, 5) is 14.0. The van der Waals surface area contributed by atoms with E-state index in [1.165, 1.54) is 0 Å². The Balaban J connectivity index is 3.06. The van der Waals surface area contributed by atoms with Gasteiger partial charge in [0.15, 0.2) is 0 Å². The number of rotatable bonds is 6. The highest BCUT2D eigenvalue weighted by Gasteiger charge is 2.17. The third kappa shape index (κ3) is 3.47. The Kier molecular flexibility index (Phi) is 5.65. The number of ether oxygens (including phenoxy) is 1. The summed E-state index contributed by atoms with van der Waals surface area (Å²) in [5.41, 5.74) is 0.568. The van der Waals surface area contributed by atoms with Crippen LogP contribution in [0.3, 0.4) is 0 Å². The number of amides is 1. The Morgan fingerprint density at radius 2 is 2.00 bits per heavy atom. The zero-order chi connectivity index (χ0) is 13.5. The van der Waals surface area contributed by atoms with E-state index in [4.69, 9.17) is 4.74 Å². The van der Waals surface area contributed by atoms with E-state index in [1.807, 2.05) is 0 Å². The predicted molar refractivity (Wildman–Crippen MR) is 77.0 cm³/mol. The third-order valence-corrected chi connectivity index (χ3v) is 3.08. The fourth-order valence-electron chi connectivity index (χ4n) is 1.52. The molecule has 0 fully saturated rings. The molecule has 0 aromatic heterocycles. The van der Waals surface area contributed by atoms with Gasteiger partial charge in [0, 0.05) is 17.6 Å². The van der Waals surface area contributed by atoms with Crippen LogP contribution < -0.4 is 4.74 Å². The van der Waals surface area contributed by atoms with E-state index in [-0.39, 0.29) is 5.91 Å². The van der Waals surface area contributed by atoms with Gasteiger partial charge in [0.2, 0.25) is 0 Å². The van der Waals surface area contributed by atoms with Gasteiger partial charge in [-0.05, 0) is 34.1 Å². The lowest BCUT2D eigenvalue weighted by atomic mass is 10.2. The van der Waals surface area contributed by atoms with Gasteiger partial charge in [-0.2, -0.15) is 0 Å². The van der Waals surface area contributed by atoms with Crippen LogP contribution in [0.5, 0.6) is 5.75 Å². The molecular weight excluding hydrogens is 294 g/mol. The minimum atomic E-state index is -0.0828. The lowest BCUT2D eigenvalue weighted by Gasteiger charge is -2.20. The maximum absolute atomic E-state index is 12.4. The van der Waals surface area contributed by atoms with Gasteiger partial charge in [0.25, 0.3) is 5.91 Å². The van der Waals surface area contributed by atoms with E-state index in [2.05, 4.69) is 29.1 Å². The number of methoxy groups -OCH3 is 1. The van der Waals surface area contributed by atoms with E-state index < -0.39 is 0 Å². The topological polar surface area (TPSA) is 29.5 Å². The van der Waals surface area contributed by atoms with Crippen molar-refractivity contribution >= 4 is 21.8 Å². The molecule has 0 aliphatic heterocycles. The molecule has 1 amide bonds. The lowest BCUT2D eigenvalue weighted by Crippen LogP contribution is -2.31. The molecule has 0 unspecified atom stereocenters. The molecule has 0 aliphatic carbocycles. The van der Waals surface area contributed by atoms with E-state index in [9.17, 15) is 4.79 Å². The molecule has 4 heteroatoms. The van der Waals surface area contributed by atoms with Crippen molar-refractivity contribution in [3.63, 3.8) is 0 Å². The first-order chi connectivity index (χ1) is 8.63. The number of hydrogen-bond donors (Lipinski definition) is 0. The number of hydrogen-bond acceptors (Lipinski definition) is 2. The normalized spacial score (nSPS) is 9.67. The smallest absolute Gasteiger partial charge is 0.255 e. The van der Waals surface area contributed by atoms with Crippen LogP contribution in [0.1, 0.15) is 10.4 Å². The average molecular weight is 310 g/mol. The van der Waals surface area contributed by atoms with Crippen LogP contribution in [0.25, 0.3) is 0 Å². The van der Waals surface area contributed by atoms with Crippen molar-refractivity contribution in [2.24, 2.45) is 0 Å². The van der Waals surface area contributed by atoms with E-state index in [0.717, 1.165) is 4.47 Å². The Hall–Kier alpha value is -1.55. The molecule has 1 rings (SSSR count). The molecule has 1 aromatic carbocycles. The summed E-state index contributed by atoms with van der Waals surface area (Å²) in [6.45, 7) is 8.26. The van der Waals surface area contributed by atoms with Gasteiger partial charge < -0.3 is 9.64 Å². The van der Waals surface area contributed by atoms with Crippen molar-refractivity contribution in [1.82, 2.24) is 4.90 Å². The van der Waals surface area contributed by atoms with Crippen LogP contribution in [0, 0.1) is 0 Å². The summed E-state index contributed by atoms with van der Waals surface area (Å²) in [6, 6.07) is 5.31. The second-order valence-corrected chi connectivity index (χ2v) is 4.49. The summed E-state index contributed by atoms with van der Waals surface area (Å²) in [7, 11) is 1.57. The highest BCUT2D eigenvalue weighted by atomic mass is 79.9. The minimum Gasteiger partial charge on any atom is -0.497 e. The first-order valence-electron chi connectivity index (χ1n) is 5.48. The van der Waals surface area contributed by atoms with Crippen LogP contribution in [0.15, 0.2) is 48.0 Å². The Bertz CT molecular complexity index is 447. The fourth-order valence-corrected chi connectivity index (χ4v) is 1.93. The molecule has 0 saturated heterocycles. The first-order valence-corrected chi connectivity index (χ1v) is 6.28. The highest BCUT2D eigenvalue weighted by Crippen LogP contribution is 2.23. The molecule has 0 aliphatic rings. The van der Waals surface area contributed by atoms with Crippen LogP contribution in [-0.2, 0) is 0 Å². The minimum absolute atomic E-state index is 0.0828. The van der Waals surface area contributed by atoms with Gasteiger partial charge >= 0.3 is 0 Å². The average Bonchev–Trinajstić information content (AvgIpc) is 2.38. The van der Waals surface area contributed by atoms with Gasteiger partial charge in [-0.1, -0.05) is 12.2 Å². The van der Waals surface area contributed by atoms with Gasteiger partial charge in [-0.25, -0.2) is 0 Å². The largest absolute Gasteiger partial charge is 0.497 e. The van der Waals surface area contributed by atoms with Gasteiger partial charge in [-0.3, -0.25) is 4.79 Å². The van der Waals surface area contributed by atoms with Crippen LogP contribution >= 0.6 is 15.9 Å². The lowest BCUT2D eigenvalue weighted by molar-refractivity contribution is 0.0789. The number of carbonyl (C=O) groups is 1. The Morgan fingerprint density at radius 1 is 1.39 bits per heavy atom. The second-order valence-electron chi connectivity index (χ2n) is 3.63. The van der Waals surface area contributed by atoms with Crippen molar-refractivity contribution in [2.45, 2.75) is 0 Å². The van der Waals surface area contributed by atoms with Gasteiger partial charge in [-0.15, -0.1) is 13.2 Å². The number of halogens is 1. The Labute approximate surface area is 116 Å². The molecule has 0 bridgehead atoms. The predicted octanol–water partition coefficient (Wildman–Crippen LogP) is 3.27. The molecule has 0 atom stereocenters. The number of nitrogens with zero attached hydrogens (tertiary/aromatic N) is 1. The summed E-state index contributed by atoms with van der Waals surface area (Å²) in [5.74, 6) is 0.569. The van der Waals surface area contributed by atoms with E-state index in [0.29, 0.717) is 24.4 Å². The van der Waals surface area contributed by atoms with Crippen molar-refractivity contribution in [3.8, 4) is 5.75 Å². The summed E-state index contributed by atoms with van der Waals surface area (Å²) >= 11 is 3.38. The molecule has 96 valence electrons. The van der Waals surface area contributed by atoms with Crippen molar-refractivity contribution < 1.29 is 9.53 Å². The molecule has 1 aromatic rings. The third-order valence-electron chi connectivity index (χ3n) is 2.39. The first kappa shape index (κ1) is 14.5. The maximum atomic E-state index is 12.4. The number of carbonyl (C=O) groups excluding carboxylic acids is 1. The SMILES string of the molecule is C=CCN(CC=C)C(=O)c1cc(OC)ccc1Br. The van der Waals surface area contributed by atoms with Gasteiger partial charge in [0.05, 0.1) is 12.7 Å². The summed E-state index contributed by atoms with van der Waals surface area (Å²) < 4.78 is 5.87. The molecule has 0 radical (unpaired) electrons. The van der Waals surface area contributed by atoms with Crippen molar-refractivity contribution in [1.29, 1.82) is 0 Å². The molecule has 3 nitrogen and oxygen atoms in total. The fraction of sp³-hybridized carbons (Fsp3) is 0.214. The van der Waals surface area contributed by atoms with Crippen LogP contribution in [0.4, 0.5) is 0 Å². The van der Waals surface area contributed by atoms with Gasteiger partial charge in [0.1, 0.15) is 5.75 Å². The molecule has 0 N–H and O–H groups in total. The molecule has 0 saturated carbocycles. The number of benzene rings is 1. The van der Waals surface area contributed by atoms with E-state index in [1.54, 1.807) is 42.4 Å². The molecule has 0 spiro atoms. The maximum Gasteiger partial charge on any atom is 0.255 e. The Morgan fingerprint density at radius 3 is 2.50 bits per heavy atom. The summed E-state index contributed by atoms with van der Waals surface area (Å²) in [5, 5.41) is 0. The monoisotopic (exact) mass is 309 g/mol. The molecule has 18 heavy (non-hydrogen) atoms.